The molecule has 1 aromatic heterocycles. The standard InChI is InChI=1S/C13H11ClN2O2/c1-16-13(18)10(8-12(14)17)7-11(15-16)9-5-3-2-4-6-9/h2-7H,8H2,1H3. The first kappa shape index (κ1) is 12.5. The van der Waals surface area contributed by atoms with Crippen LogP contribution < -0.4 is 5.56 Å². The number of aromatic nitrogens is 2. The van der Waals surface area contributed by atoms with E-state index >= 15 is 0 Å². The van der Waals surface area contributed by atoms with E-state index in [4.69, 9.17) is 11.6 Å². The molecule has 0 aliphatic rings. The number of carbonyl (C=O) groups excluding carboxylic acids is 1. The van der Waals surface area contributed by atoms with Crippen molar-refractivity contribution in [2.24, 2.45) is 7.05 Å². The Hall–Kier alpha value is -1.94. The minimum absolute atomic E-state index is 0.0867. The average molecular weight is 263 g/mol. The van der Waals surface area contributed by atoms with Crippen molar-refractivity contribution in [2.75, 3.05) is 0 Å². The van der Waals surface area contributed by atoms with Crippen LogP contribution in [0.25, 0.3) is 11.3 Å². The van der Waals surface area contributed by atoms with Crippen LogP contribution in [0, 0.1) is 0 Å². The molecule has 0 radical (unpaired) electrons. The third kappa shape index (κ3) is 2.65. The summed E-state index contributed by atoms with van der Waals surface area (Å²) >= 11 is 5.33. The Labute approximate surface area is 109 Å². The van der Waals surface area contributed by atoms with Crippen molar-refractivity contribution in [1.29, 1.82) is 0 Å². The smallest absolute Gasteiger partial charge is 0.270 e. The molecule has 0 aliphatic heterocycles. The zero-order valence-electron chi connectivity index (χ0n) is 9.76. The minimum Gasteiger partial charge on any atom is -0.281 e. The molecule has 18 heavy (non-hydrogen) atoms. The van der Waals surface area contributed by atoms with Crippen molar-refractivity contribution in [3.05, 3.63) is 52.3 Å². The van der Waals surface area contributed by atoms with Gasteiger partial charge >= 0.3 is 0 Å². The second-order valence-corrected chi connectivity index (χ2v) is 4.30. The third-order valence-corrected chi connectivity index (χ3v) is 2.67. The van der Waals surface area contributed by atoms with Gasteiger partial charge in [-0.3, -0.25) is 9.59 Å². The van der Waals surface area contributed by atoms with Crippen LogP contribution in [0.5, 0.6) is 0 Å². The number of hydrogen-bond acceptors (Lipinski definition) is 3. The molecule has 0 N–H and O–H groups in total. The van der Waals surface area contributed by atoms with Crippen LogP contribution in [0.15, 0.2) is 41.2 Å². The van der Waals surface area contributed by atoms with Crippen molar-refractivity contribution in [1.82, 2.24) is 9.78 Å². The first-order valence-electron chi connectivity index (χ1n) is 5.39. The van der Waals surface area contributed by atoms with Crippen molar-refractivity contribution in [3.8, 4) is 11.3 Å². The molecule has 92 valence electrons. The average Bonchev–Trinajstić information content (AvgIpc) is 2.35. The molecule has 0 bridgehead atoms. The van der Waals surface area contributed by atoms with Gasteiger partial charge in [0.25, 0.3) is 5.56 Å². The van der Waals surface area contributed by atoms with Crippen LogP contribution in [0.3, 0.4) is 0 Å². The summed E-state index contributed by atoms with van der Waals surface area (Å²) in [7, 11) is 1.55. The van der Waals surface area contributed by atoms with Crippen LogP contribution in [0.2, 0.25) is 0 Å². The number of hydrogen-bond donors (Lipinski definition) is 0. The summed E-state index contributed by atoms with van der Waals surface area (Å²) in [5, 5.41) is 3.60. The second-order valence-electron chi connectivity index (χ2n) is 3.88. The first-order chi connectivity index (χ1) is 8.58. The maximum Gasteiger partial charge on any atom is 0.270 e. The number of halogens is 1. The number of nitrogens with zero attached hydrogens (tertiary/aromatic N) is 2. The highest BCUT2D eigenvalue weighted by molar-refractivity contribution is 6.63. The maximum absolute atomic E-state index is 11.8. The van der Waals surface area contributed by atoms with E-state index in [2.05, 4.69) is 5.10 Å². The molecule has 1 heterocycles. The lowest BCUT2D eigenvalue weighted by Crippen LogP contribution is -2.24. The first-order valence-corrected chi connectivity index (χ1v) is 5.76. The summed E-state index contributed by atoms with van der Waals surface area (Å²) in [5.41, 5.74) is 1.58. The highest BCUT2D eigenvalue weighted by Gasteiger charge is 2.10. The van der Waals surface area contributed by atoms with E-state index in [1.54, 1.807) is 13.1 Å². The molecule has 2 aromatic rings. The SMILES string of the molecule is Cn1nc(-c2ccccc2)cc(CC(=O)Cl)c1=O. The molecular weight excluding hydrogens is 252 g/mol. The van der Waals surface area contributed by atoms with Crippen molar-refractivity contribution in [3.63, 3.8) is 0 Å². The zero-order chi connectivity index (χ0) is 13.1. The van der Waals surface area contributed by atoms with Gasteiger partial charge in [0.2, 0.25) is 5.24 Å². The Kier molecular flexibility index (Phi) is 3.58. The van der Waals surface area contributed by atoms with E-state index in [-0.39, 0.29) is 12.0 Å². The topological polar surface area (TPSA) is 52.0 Å². The lowest BCUT2D eigenvalue weighted by Gasteiger charge is -2.06. The molecule has 0 amide bonds. The largest absolute Gasteiger partial charge is 0.281 e. The summed E-state index contributed by atoms with van der Waals surface area (Å²) in [4.78, 5) is 22.7. The minimum atomic E-state index is -0.558. The highest BCUT2D eigenvalue weighted by atomic mass is 35.5. The quantitative estimate of drug-likeness (QED) is 0.792. The Balaban J connectivity index is 2.54. The summed E-state index contributed by atoms with van der Waals surface area (Å²) in [6.07, 6.45) is -0.0867. The summed E-state index contributed by atoms with van der Waals surface area (Å²) in [6.45, 7) is 0. The molecule has 5 heteroatoms. The van der Waals surface area contributed by atoms with Gasteiger partial charge in [0.1, 0.15) is 0 Å². The predicted molar refractivity (Wildman–Crippen MR) is 69.5 cm³/mol. The number of rotatable bonds is 3. The summed E-state index contributed by atoms with van der Waals surface area (Å²) in [6, 6.07) is 11.0. The van der Waals surface area contributed by atoms with Gasteiger partial charge in [0.15, 0.2) is 0 Å². The fourth-order valence-electron chi connectivity index (χ4n) is 1.70. The van der Waals surface area contributed by atoms with Crippen molar-refractivity contribution in [2.45, 2.75) is 6.42 Å². The number of benzene rings is 1. The normalized spacial score (nSPS) is 10.3. The fourth-order valence-corrected chi connectivity index (χ4v) is 1.84. The Morgan fingerprint density at radius 2 is 2.00 bits per heavy atom. The highest BCUT2D eigenvalue weighted by Crippen LogP contribution is 2.15. The van der Waals surface area contributed by atoms with Crippen LogP contribution >= 0.6 is 11.6 Å². The Morgan fingerprint density at radius 3 is 2.61 bits per heavy atom. The molecule has 0 aliphatic carbocycles. The van der Waals surface area contributed by atoms with E-state index in [1.165, 1.54) is 4.68 Å². The summed E-state index contributed by atoms with van der Waals surface area (Å²) in [5.74, 6) is 0. The van der Waals surface area contributed by atoms with Crippen LogP contribution in [-0.4, -0.2) is 15.0 Å². The van der Waals surface area contributed by atoms with Crippen LogP contribution in [0.1, 0.15) is 5.56 Å². The van der Waals surface area contributed by atoms with Gasteiger partial charge in [-0.25, -0.2) is 4.68 Å². The second kappa shape index (κ2) is 5.14. The molecule has 4 nitrogen and oxygen atoms in total. The zero-order valence-corrected chi connectivity index (χ0v) is 10.5. The monoisotopic (exact) mass is 262 g/mol. The van der Waals surface area contributed by atoms with Gasteiger partial charge in [0, 0.05) is 18.2 Å². The van der Waals surface area contributed by atoms with Gasteiger partial charge < -0.3 is 0 Å². The predicted octanol–water partition coefficient (Wildman–Crippen LogP) is 1.76. The van der Waals surface area contributed by atoms with Crippen LogP contribution in [0.4, 0.5) is 0 Å². The molecule has 0 saturated heterocycles. The number of carbonyl (C=O) groups is 1. The molecule has 1 aromatic carbocycles. The molecule has 2 rings (SSSR count). The van der Waals surface area contributed by atoms with Gasteiger partial charge in [-0.15, -0.1) is 0 Å². The van der Waals surface area contributed by atoms with E-state index < -0.39 is 5.24 Å². The van der Waals surface area contributed by atoms with E-state index in [0.29, 0.717) is 11.3 Å². The molecule has 0 unspecified atom stereocenters. The van der Waals surface area contributed by atoms with Gasteiger partial charge in [-0.05, 0) is 17.7 Å². The van der Waals surface area contributed by atoms with E-state index in [1.807, 2.05) is 30.3 Å². The van der Waals surface area contributed by atoms with Gasteiger partial charge in [0.05, 0.1) is 12.1 Å². The molecule has 0 atom stereocenters. The van der Waals surface area contributed by atoms with Crippen molar-refractivity contribution >= 4 is 16.8 Å². The van der Waals surface area contributed by atoms with Crippen LogP contribution in [-0.2, 0) is 18.3 Å². The van der Waals surface area contributed by atoms with Gasteiger partial charge in [-0.2, -0.15) is 5.10 Å². The molecular formula is C13H11ClN2O2. The maximum atomic E-state index is 11.8. The fraction of sp³-hybridized carbons (Fsp3) is 0.154. The van der Waals surface area contributed by atoms with Gasteiger partial charge in [-0.1, -0.05) is 30.3 Å². The van der Waals surface area contributed by atoms with Crippen molar-refractivity contribution < 1.29 is 4.79 Å². The lowest BCUT2D eigenvalue weighted by molar-refractivity contribution is -0.111. The Bertz CT molecular complexity index is 635. The Morgan fingerprint density at radius 1 is 1.33 bits per heavy atom. The van der Waals surface area contributed by atoms with E-state index in [0.717, 1.165) is 5.56 Å². The summed E-state index contributed by atoms with van der Waals surface area (Å²) < 4.78 is 1.22. The molecule has 0 fully saturated rings. The molecule has 0 spiro atoms. The lowest BCUT2D eigenvalue weighted by atomic mass is 10.1. The number of aryl methyl sites for hydroxylation is 1. The third-order valence-electron chi connectivity index (χ3n) is 2.54. The van der Waals surface area contributed by atoms with E-state index in [9.17, 15) is 9.59 Å². The molecule has 0 saturated carbocycles.